The van der Waals surface area contributed by atoms with E-state index in [1.54, 1.807) is 5.38 Å². The average molecular weight is 433 g/mol. The van der Waals surface area contributed by atoms with Crippen molar-refractivity contribution in [3.63, 3.8) is 0 Å². The first-order valence-electron chi connectivity index (χ1n) is 10.1. The zero-order valence-corrected chi connectivity index (χ0v) is 17.5. The molecule has 0 atom stereocenters. The van der Waals surface area contributed by atoms with Gasteiger partial charge in [-0.1, -0.05) is 30.3 Å². The number of thiazole rings is 1. The largest absolute Gasteiger partial charge is 0.456 e. The molecule has 4 aromatic rings. The molecular weight excluding hydrogens is 412 g/mol. The molecule has 5 rings (SSSR count). The highest BCUT2D eigenvalue weighted by Crippen LogP contribution is 2.29. The van der Waals surface area contributed by atoms with Crippen LogP contribution in [0.5, 0.6) is 0 Å². The van der Waals surface area contributed by atoms with Crippen molar-refractivity contribution in [3.05, 3.63) is 92.3 Å². The lowest BCUT2D eigenvalue weighted by atomic mass is 10.0. The van der Waals surface area contributed by atoms with E-state index in [4.69, 9.17) is 9.15 Å². The van der Waals surface area contributed by atoms with Crippen molar-refractivity contribution in [2.24, 2.45) is 0 Å². The summed E-state index contributed by atoms with van der Waals surface area (Å²) in [5.41, 5.74) is 4.60. The number of aromatic nitrogens is 1. The van der Waals surface area contributed by atoms with E-state index in [0.717, 1.165) is 30.2 Å². The number of carbonyl (C=O) groups excluding carboxylic acids is 1. The van der Waals surface area contributed by atoms with E-state index in [1.165, 1.54) is 28.5 Å². The number of nitrogens with one attached hydrogen (secondary N) is 1. The van der Waals surface area contributed by atoms with Gasteiger partial charge in [-0.3, -0.25) is 0 Å². The van der Waals surface area contributed by atoms with Gasteiger partial charge in [0.15, 0.2) is 10.8 Å². The van der Waals surface area contributed by atoms with Crippen molar-refractivity contribution in [2.45, 2.75) is 32.4 Å². The summed E-state index contributed by atoms with van der Waals surface area (Å²) in [6, 6.07) is 15.3. The Labute approximate surface area is 182 Å². The Morgan fingerprint density at radius 2 is 1.94 bits per heavy atom. The number of aryl methyl sites for hydroxylation is 2. The van der Waals surface area contributed by atoms with Crippen molar-refractivity contribution < 1.29 is 13.9 Å². The Balaban J connectivity index is 1.28. The number of esters is 1. The number of rotatable bonds is 6. The first-order valence-corrected chi connectivity index (χ1v) is 11.0. The Morgan fingerprint density at radius 3 is 2.77 bits per heavy atom. The van der Waals surface area contributed by atoms with Gasteiger partial charge in [-0.05, 0) is 48.1 Å². The van der Waals surface area contributed by atoms with Crippen LogP contribution in [-0.4, -0.2) is 11.0 Å². The summed E-state index contributed by atoms with van der Waals surface area (Å²) in [7, 11) is 0. The van der Waals surface area contributed by atoms with Gasteiger partial charge in [-0.25, -0.2) is 14.6 Å². The van der Waals surface area contributed by atoms with E-state index in [9.17, 15) is 9.59 Å². The van der Waals surface area contributed by atoms with Crippen molar-refractivity contribution in [3.8, 4) is 0 Å². The molecule has 0 spiro atoms. The molecular formula is C24H20N2O4S. The fourth-order valence-electron chi connectivity index (χ4n) is 3.85. The molecule has 1 aliphatic carbocycles. The lowest BCUT2D eigenvalue weighted by molar-refractivity contribution is 0.0468. The van der Waals surface area contributed by atoms with Crippen LogP contribution in [0, 0.1) is 0 Å². The molecule has 0 radical (unpaired) electrons. The van der Waals surface area contributed by atoms with Crippen molar-refractivity contribution in [1.29, 1.82) is 0 Å². The van der Waals surface area contributed by atoms with Crippen LogP contribution in [0.1, 0.15) is 39.2 Å². The molecule has 0 saturated heterocycles. The Kier molecular flexibility index (Phi) is 5.26. The topological polar surface area (TPSA) is 81.4 Å². The van der Waals surface area contributed by atoms with E-state index in [-0.39, 0.29) is 12.3 Å². The summed E-state index contributed by atoms with van der Waals surface area (Å²) < 4.78 is 10.8. The molecule has 0 amide bonds. The minimum absolute atomic E-state index is 0.00990. The number of fused-ring (bicyclic) bond motifs is 2. The molecule has 0 unspecified atom stereocenters. The third kappa shape index (κ3) is 4.22. The fraction of sp³-hybridized carbons (Fsp3) is 0.208. The molecule has 2 heterocycles. The standard InChI is InChI=1S/C24H20N2O4S/c27-22-11-18(19-9-16-7-4-8-17(16)10-21(19)30-22)13-29-23(28)20-14-31-24(26-20)25-12-15-5-2-1-3-6-15/h1-3,5-6,9-11,14H,4,7-8,12-13H2,(H,25,26). The second kappa shape index (κ2) is 8.35. The molecule has 7 heteroatoms. The Hall–Kier alpha value is -3.45. The molecule has 1 aliphatic rings. The van der Waals surface area contributed by atoms with Gasteiger partial charge in [0.05, 0.1) is 0 Å². The number of benzene rings is 2. The van der Waals surface area contributed by atoms with Crippen LogP contribution >= 0.6 is 11.3 Å². The fourth-order valence-corrected chi connectivity index (χ4v) is 4.53. The van der Waals surface area contributed by atoms with Gasteiger partial charge in [0.25, 0.3) is 0 Å². The van der Waals surface area contributed by atoms with Crippen LogP contribution in [0.3, 0.4) is 0 Å². The first-order chi connectivity index (χ1) is 15.2. The molecule has 0 bridgehead atoms. The summed E-state index contributed by atoms with van der Waals surface area (Å²) in [5, 5.41) is 6.34. The number of anilines is 1. The maximum absolute atomic E-state index is 12.5. The van der Waals surface area contributed by atoms with E-state index < -0.39 is 11.6 Å². The SMILES string of the molecule is O=C(OCc1cc(=O)oc2cc3c(cc12)CCC3)c1csc(NCc2ccccc2)n1. The molecule has 0 fully saturated rings. The third-order valence-electron chi connectivity index (χ3n) is 5.40. The molecule has 156 valence electrons. The maximum atomic E-state index is 12.5. The van der Waals surface area contributed by atoms with Gasteiger partial charge in [-0.15, -0.1) is 11.3 Å². The minimum Gasteiger partial charge on any atom is -0.456 e. The normalized spacial score (nSPS) is 12.6. The van der Waals surface area contributed by atoms with Crippen molar-refractivity contribution in [2.75, 3.05) is 5.32 Å². The smallest absolute Gasteiger partial charge is 0.358 e. The lowest BCUT2D eigenvalue weighted by Crippen LogP contribution is -2.09. The quantitative estimate of drug-likeness (QED) is 0.351. The maximum Gasteiger partial charge on any atom is 0.358 e. The first kappa shape index (κ1) is 19.5. The zero-order valence-electron chi connectivity index (χ0n) is 16.7. The highest BCUT2D eigenvalue weighted by atomic mass is 32.1. The predicted molar refractivity (Wildman–Crippen MR) is 120 cm³/mol. The molecule has 1 N–H and O–H groups in total. The third-order valence-corrected chi connectivity index (χ3v) is 6.20. The summed E-state index contributed by atoms with van der Waals surface area (Å²) in [5.74, 6) is -0.522. The second-order valence-corrected chi connectivity index (χ2v) is 8.37. The van der Waals surface area contributed by atoms with Gasteiger partial charge in [0, 0.05) is 28.9 Å². The van der Waals surface area contributed by atoms with Crippen LogP contribution < -0.4 is 10.9 Å². The van der Waals surface area contributed by atoms with Crippen molar-refractivity contribution >= 4 is 33.4 Å². The minimum atomic E-state index is -0.522. The monoisotopic (exact) mass is 432 g/mol. The van der Waals surface area contributed by atoms with Crippen LogP contribution in [0.15, 0.2) is 63.1 Å². The summed E-state index contributed by atoms with van der Waals surface area (Å²) in [4.78, 5) is 28.8. The summed E-state index contributed by atoms with van der Waals surface area (Å²) in [6.45, 7) is 0.614. The number of ether oxygens (including phenoxy) is 1. The molecule has 2 aromatic heterocycles. The average Bonchev–Trinajstić information content (AvgIpc) is 3.44. The molecule has 0 saturated carbocycles. The molecule has 31 heavy (non-hydrogen) atoms. The van der Waals surface area contributed by atoms with Crippen LogP contribution in [0.25, 0.3) is 11.0 Å². The van der Waals surface area contributed by atoms with Crippen LogP contribution in [0.4, 0.5) is 5.13 Å². The van der Waals surface area contributed by atoms with Crippen LogP contribution in [-0.2, 0) is 30.7 Å². The summed E-state index contributed by atoms with van der Waals surface area (Å²) >= 11 is 1.35. The number of hydrogen-bond donors (Lipinski definition) is 1. The van der Waals surface area contributed by atoms with Crippen molar-refractivity contribution in [1.82, 2.24) is 4.98 Å². The Bertz CT molecular complexity index is 1310. The lowest BCUT2D eigenvalue weighted by Gasteiger charge is -2.08. The van der Waals surface area contributed by atoms with Gasteiger partial charge in [0.2, 0.25) is 0 Å². The van der Waals surface area contributed by atoms with E-state index in [2.05, 4.69) is 16.4 Å². The number of hydrogen-bond acceptors (Lipinski definition) is 7. The Morgan fingerprint density at radius 1 is 1.13 bits per heavy atom. The number of carbonyl (C=O) groups is 1. The second-order valence-electron chi connectivity index (χ2n) is 7.51. The van der Waals surface area contributed by atoms with E-state index >= 15 is 0 Å². The van der Waals surface area contributed by atoms with Gasteiger partial charge in [0.1, 0.15) is 12.2 Å². The van der Waals surface area contributed by atoms with Gasteiger partial charge >= 0.3 is 11.6 Å². The van der Waals surface area contributed by atoms with Gasteiger partial charge < -0.3 is 14.5 Å². The predicted octanol–water partition coefficient (Wildman–Crippen LogP) is 4.71. The van der Waals surface area contributed by atoms with E-state index in [1.807, 2.05) is 36.4 Å². The summed E-state index contributed by atoms with van der Waals surface area (Å²) in [6.07, 6.45) is 3.12. The zero-order chi connectivity index (χ0) is 21.2. The molecule has 2 aromatic carbocycles. The van der Waals surface area contributed by atoms with Gasteiger partial charge in [-0.2, -0.15) is 0 Å². The highest BCUT2D eigenvalue weighted by Gasteiger charge is 2.17. The van der Waals surface area contributed by atoms with E-state index in [0.29, 0.717) is 22.8 Å². The number of nitrogens with zero attached hydrogens (tertiary/aromatic N) is 1. The molecule has 0 aliphatic heterocycles. The highest BCUT2D eigenvalue weighted by molar-refractivity contribution is 7.13. The van der Waals surface area contributed by atoms with Crippen LogP contribution in [0.2, 0.25) is 0 Å². The molecule has 6 nitrogen and oxygen atoms in total.